The molecule has 3 heterocycles. The lowest BCUT2D eigenvalue weighted by molar-refractivity contribution is 0.670. The van der Waals surface area contributed by atoms with E-state index < -0.39 is 0 Å². The van der Waals surface area contributed by atoms with Crippen molar-refractivity contribution in [2.24, 2.45) is 0 Å². The Hall–Kier alpha value is -8.70. The van der Waals surface area contributed by atoms with Crippen molar-refractivity contribution in [3.63, 3.8) is 0 Å². The van der Waals surface area contributed by atoms with Gasteiger partial charge in [-0.05, 0) is 99.8 Å². The second kappa shape index (κ2) is 15.5. The highest BCUT2D eigenvalue weighted by Gasteiger charge is 2.25. The predicted molar refractivity (Wildman–Crippen MR) is 289 cm³/mol. The Bertz CT molecular complexity index is 4210. The van der Waals surface area contributed by atoms with Crippen molar-refractivity contribution in [1.82, 2.24) is 4.57 Å². The van der Waals surface area contributed by atoms with Gasteiger partial charge in [0.25, 0.3) is 0 Å². The first-order valence-electron chi connectivity index (χ1n) is 23.2. The number of para-hydroxylation sites is 4. The van der Waals surface area contributed by atoms with Crippen LogP contribution < -0.4 is 4.90 Å². The van der Waals surface area contributed by atoms with Gasteiger partial charge >= 0.3 is 0 Å². The minimum atomic E-state index is 0.849. The Morgan fingerprint density at radius 1 is 0.368 bits per heavy atom. The number of furan rings is 1. The summed E-state index contributed by atoms with van der Waals surface area (Å²) < 4.78 is 12.1. The molecule has 4 heteroatoms. The molecule has 318 valence electrons. The van der Waals surface area contributed by atoms with E-state index in [0.717, 1.165) is 55.8 Å². The van der Waals surface area contributed by atoms with E-state index in [1.807, 2.05) is 11.3 Å². The topological polar surface area (TPSA) is 21.3 Å². The van der Waals surface area contributed by atoms with Gasteiger partial charge in [-0.1, -0.05) is 176 Å². The van der Waals surface area contributed by atoms with E-state index in [0.29, 0.717) is 0 Å². The van der Waals surface area contributed by atoms with E-state index in [-0.39, 0.29) is 0 Å². The smallest absolute Gasteiger partial charge is 0.145 e. The van der Waals surface area contributed by atoms with E-state index in [4.69, 9.17) is 4.42 Å². The SMILES string of the molecule is c1ccc(-n2c3ccccc3c3ccccc32)c(-c2ccc(N(c3ccc(-c4cccc5ccccc45)cc3)c3ccc(-c4cccc5c4sc4ccccc45)cc3)c3c2oc2ccccc23)c1. The first-order valence-corrected chi connectivity index (χ1v) is 24.0. The molecule has 0 aliphatic rings. The maximum absolute atomic E-state index is 7.07. The van der Waals surface area contributed by atoms with E-state index >= 15 is 0 Å². The number of anilines is 3. The summed E-state index contributed by atoms with van der Waals surface area (Å²) in [6.07, 6.45) is 0. The summed E-state index contributed by atoms with van der Waals surface area (Å²) in [7, 11) is 0. The molecule has 0 bridgehead atoms. The minimum absolute atomic E-state index is 0.849. The van der Waals surface area contributed by atoms with Crippen molar-refractivity contribution < 1.29 is 4.42 Å². The number of nitrogens with zero attached hydrogens (tertiary/aromatic N) is 2. The van der Waals surface area contributed by atoms with Crippen LogP contribution in [0.25, 0.3) is 114 Å². The normalized spacial score (nSPS) is 11.8. The van der Waals surface area contributed by atoms with Gasteiger partial charge in [0.15, 0.2) is 0 Å². The highest BCUT2D eigenvalue weighted by molar-refractivity contribution is 7.26. The molecule has 0 spiro atoms. The Balaban J connectivity index is 0.977. The van der Waals surface area contributed by atoms with E-state index in [1.165, 1.54) is 75.0 Å². The molecule has 68 heavy (non-hydrogen) atoms. The molecule has 0 radical (unpaired) electrons. The second-order valence-corrected chi connectivity index (χ2v) is 18.6. The van der Waals surface area contributed by atoms with Crippen molar-refractivity contribution in [3.8, 4) is 39.1 Å². The second-order valence-electron chi connectivity index (χ2n) is 17.6. The highest BCUT2D eigenvalue weighted by atomic mass is 32.1. The number of rotatable bonds is 7. The van der Waals surface area contributed by atoms with Crippen LogP contribution in [-0.4, -0.2) is 4.57 Å². The van der Waals surface area contributed by atoms with Crippen LogP contribution in [0.1, 0.15) is 0 Å². The Labute approximate surface area is 396 Å². The molecule has 0 aliphatic carbocycles. The fourth-order valence-corrected chi connectivity index (χ4v) is 12.0. The van der Waals surface area contributed by atoms with Crippen LogP contribution in [0, 0.1) is 0 Å². The summed E-state index contributed by atoms with van der Waals surface area (Å²) in [5.74, 6) is 0. The number of benzene rings is 11. The van der Waals surface area contributed by atoms with Crippen molar-refractivity contribution in [2.45, 2.75) is 0 Å². The minimum Gasteiger partial charge on any atom is -0.455 e. The molecule has 0 saturated heterocycles. The third-order valence-electron chi connectivity index (χ3n) is 13.8. The third kappa shape index (κ3) is 5.98. The standard InChI is InChI=1S/C64H40N2OS/c1-2-17-46-41(15-1)16-13-23-47(46)42-31-35-44(36-32-42)65(45-37-33-43(34-38-45)48-24-14-25-54-52-21-7-12-30-61(52)68-64(48)54)59-40-39-53(63-62(59)55-22-6-11-29-60(55)67-63)51-20-5-10-28-58(51)66-56-26-8-3-18-49(56)50-19-4-9-27-57(50)66/h1-40H. The Kier molecular flexibility index (Phi) is 8.76. The van der Waals surface area contributed by atoms with Crippen LogP contribution >= 0.6 is 11.3 Å². The molecule has 0 unspecified atom stereocenters. The zero-order chi connectivity index (χ0) is 44.7. The van der Waals surface area contributed by atoms with Crippen LogP contribution in [0.4, 0.5) is 17.1 Å². The largest absolute Gasteiger partial charge is 0.455 e. The van der Waals surface area contributed by atoms with Crippen molar-refractivity contribution in [3.05, 3.63) is 243 Å². The van der Waals surface area contributed by atoms with Gasteiger partial charge in [0.05, 0.1) is 27.8 Å². The van der Waals surface area contributed by atoms with Gasteiger partial charge in [-0.3, -0.25) is 0 Å². The number of aromatic nitrogens is 1. The quantitative estimate of drug-likeness (QED) is 0.159. The fourth-order valence-electron chi connectivity index (χ4n) is 10.7. The van der Waals surface area contributed by atoms with Crippen molar-refractivity contribution in [1.29, 1.82) is 0 Å². The fraction of sp³-hybridized carbons (Fsp3) is 0. The van der Waals surface area contributed by atoms with Crippen molar-refractivity contribution >= 4 is 103 Å². The zero-order valence-electron chi connectivity index (χ0n) is 36.8. The zero-order valence-corrected chi connectivity index (χ0v) is 37.6. The molecule has 14 rings (SSSR count). The maximum atomic E-state index is 7.07. The van der Waals surface area contributed by atoms with Crippen LogP contribution in [0.2, 0.25) is 0 Å². The van der Waals surface area contributed by atoms with Crippen molar-refractivity contribution in [2.75, 3.05) is 4.90 Å². The average molecular weight is 885 g/mol. The van der Waals surface area contributed by atoms with Gasteiger partial charge in [-0.15, -0.1) is 11.3 Å². The molecule has 0 amide bonds. The molecule has 0 saturated carbocycles. The summed E-state index contributed by atoms with van der Waals surface area (Å²) in [6.45, 7) is 0. The molecule has 11 aromatic carbocycles. The third-order valence-corrected chi connectivity index (χ3v) is 15.0. The van der Waals surface area contributed by atoms with E-state index in [1.54, 1.807) is 0 Å². The summed E-state index contributed by atoms with van der Waals surface area (Å²) in [5, 5.41) is 9.68. The molecule has 0 aliphatic heterocycles. The highest BCUT2D eigenvalue weighted by Crippen LogP contribution is 2.49. The van der Waals surface area contributed by atoms with E-state index in [9.17, 15) is 0 Å². The first kappa shape index (κ1) is 38.6. The van der Waals surface area contributed by atoms with Gasteiger partial charge in [0, 0.05) is 58.8 Å². The lowest BCUT2D eigenvalue weighted by Gasteiger charge is -2.27. The molecule has 0 atom stereocenters. The van der Waals surface area contributed by atoms with Crippen LogP contribution in [-0.2, 0) is 0 Å². The monoisotopic (exact) mass is 884 g/mol. The van der Waals surface area contributed by atoms with E-state index in [2.05, 4.69) is 252 Å². The van der Waals surface area contributed by atoms with Crippen LogP contribution in [0.5, 0.6) is 0 Å². The summed E-state index contributed by atoms with van der Waals surface area (Å²) in [4.78, 5) is 2.41. The number of thiophene rings is 1. The number of fused-ring (bicyclic) bond motifs is 10. The molecule has 0 N–H and O–H groups in total. The van der Waals surface area contributed by atoms with Gasteiger partial charge < -0.3 is 13.9 Å². The summed E-state index contributed by atoms with van der Waals surface area (Å²) in [5.41, 5.74) is 15.3. The molecule has 0 fully saturated rings. The first-order chi connectivity index (χ1) is 33.7. The summed E-state index contributed by atoms with van der Waals surface area (Å²) >= 11 is 1.87. The molecule has 3 nitrogen and oxygen atoms in total. The predicted octanol–water partition coefficient (Wildman–Crippen LogP) is 18.7. The lowest BCUT2D eigenvalue weighted by atomic mass is 9.97. The lowest BCUT2D eigenvalue weighted by Crippen LogP contribution is -2.10. The van der Waals surface area contributed by atoms with Crippen LogP contribution in [0.15, 0.2) is 247 Å². The Morgan fingerprint density at radius 3 is 1.68 bits per heavy atom. The molecule has 3 aromatic heterocycles. The van der Waals surface area contributed by atoms with Gasteiger partial charge in [-0.25, -0.2) is 0 Å². The van der Waals surface area contributed by atoms with Crippen LogP contribution in [0.3, 0.4) is 0 Å². The average Bonchev–Trinajstić information content (AvgIpc) is 4.10. The van der Waals surface area contributed by atoms with Gasteiger partial charge in [0.1, 0.15) is 11.2 Å². The number of hydrogen-bond donors (Lipinski definition) is 0. The van der Waals surface area contributed by atoms with Gasteiger partial charge in [-0.2, -0.15) is 0 Å². The van der Waals surface area contributed by atoms with Gasteiger partial charge in [0.2, 0.25) is 0 Å². The maximum Gasteiger partial charge on any atom is 0.145 e. The Morgan fingerprint density at radius 2 is 0.912 bits per heavy atom. The molecule has 14 aromatic rings. The number of hydrogen-bond acceptors (Lipinski definition) is 3. The molecular weight excluding hydrogens is 845 g/mol. The molecular formula is C64H40N2OS. The summed E-state index contributed by atoms with van der Waals surface area (Å²) in [6, 6.07) is 88.0.